The van der Waals surface area contributed by atoms with Crippen LogP contribution >= 0.6 is 24.0 Å². The van der Waals surface area contributed by atoms with Crippen LogP contribution in [0.5, 0.6) is 11.5 Å². The fraction of sp³-hybridized carbons (Fsp3) is 0.500. The van der Waals surface area contributed by atoms with Crippen LogP contribution in [-0.2, 0) is 13.1 Å². The molecule has 0 atom stereocenters. The Balaban J connectivity index is 0.00000320. The van der Waals surface area contributed by atoms with E-state index in [1.54, 1.807) is 14.2 Å². The SMILES string of the molecule is CN=C(NCc1cc(C)oc1C)N1CCN(Cc2ccc(OC)c(OC)c2)CC1.I. The minimum atomic E-state index is 0. The molecule has 0 radical (unpaired) electrons. The normalized spacial score (nSPS) is 15.0. The topological polar surface area (TPSA) is 62.5 Å². The van der Waals surface area contributed by atoms with Crippen LogP contribution in [0.3, 0.4) is 0 Å². The Morgan fingerprint density at radius 2 is 1.77 bits per heavy atom. The zero-order chi connectivity index (χ0) is 20.8. The molecule has 8 heteroatoms. The number of hydrogen-bond acceptors (Lipinski definition) is 5. The van der Waals surface area contributed by atoms with Crippen molar-refractivity contribution in [3.63, 3.8) is 0 Å². The average molecular weight is 528 g/mol. The van der Waals surface area contributed by atoms with Crippen LogP contribution in [0.2, 0.25) is 0 Å². The van der Waals surface area contributed by atoms with Gasteiger partial charge >= 0.3 is 0 Å². The summed E-state index contributed by atoms with van der Waals surface area (Å²) in [5.41, 5.74) is 2.40. The van der Waals surface area contributed by atoms with Gasteiger partial charge in [-0.05, 0) is 37.6 Å². The first-order valence-electron chi connectivity index (χ1n) is 9.98. The van der Waals surface area contributed by atoms with E-state index in [9.17, 15) is 0 Å². The second kappa shape index (κ2) is 11.5. The number of methoxy groups -OCH3 is 2. The lowest BCUT2D eigenvalue weighted by atomic mass is 10.1. The predicted octanol–water partition coefficient (Wildman–Crippen LogP) is 3.42. The van der Waals surface area contributed by atoms with E-state index in [4.69, 9.17) is 13.9 Å². The van der Waals surface area contributed by atoms with Crippen molar-refractivity contribution in [2.45, 2.75) is 26.9 Å². The number of piperazine rings is 1. The van der Waals surface area contributed by atoms with Gasteiger partial charge in [0.15, 0.2) is 17.5 Å². The maximum atomic E-state index is 5.61. The molecule has 7 nitrogen and oxygen atoms in total. The number of aliphatic imine (C=N–C) groups is 1. The fourth-order valence-electron chi connectivity index (χ4n) is 3.72. The second-order valence-corrected chi connectivity index (χ2v) is 7.29. The molecule has 3 rings (SSSR count). The number of nitrogens with zero attached hydrogens (tertiary/aromatic N) is 3. The molecular formula is C22H33IN4O3. The first kappa shape index (κ1) is 24.3. The molecule has 1 aliphatic rings. The van der Waals surface area contributed by atoms with Gasteiger partial charge in [0.2, 0.25) is 0 Å². The summed E-state index contributed by atoms with van der Waals surface area (Å²) in [4.78, 5) is 9.23. The van der Waals surface area contributed by atoms with Gasteiger partial charge in [0.25, 0.3) is 0 Å². The quantitative estimate of drug-likeness (QED) is 0.352. The van der Waals surface area contributed by atoms with E-state index in [0.717, 1.165) is 68.2 Å². The van der Waals surface area contributed by atoms with Crippen molar-refractivity contribution in [3.05, 3.63) is 46.9 Å². The highest BCUT2D eigenvalue weighted by atomic mass is 127. The lowest BCUT2D eigenvalue weighted by Crippen LogP contribution is -2.52. The number of rotatable bonds is 6. The van der Waals surface area contributed by atoms with E-state index in [1.165, 1.54) is 11.1 Å². The van der Waals surface area contributed by atoms with Crippen molar-refractivity contribution in [2.75, 3.05) is 47.4 Å². The monoisotopic (exact) mass is 528 g/mol. The third-order valence-electron chi connectivity index (χ3n) is 5.32. The van der Waals surface area contributed by atoms with E-state index >= 15 is 0 Å². The van der Waals surface area contributed by atoms with Gasteiger partial charge in [0, 0.05) is 51.9 Å². The Bertz CT molecular complexity index is 845. The summed E-state index contributed by atoms with van der Waals surface area (Å²) in [5.74, 6) is 4.38. The van der Waals surface area contributed by atoms with Gasteiger partial charge in [0.05, 0.1) is 14.2 Å². The minimum Gasteiger partial charge on any atom is -0.493 e. The minimum absolute atomic E-state index is 0. The van der Waals surface area contributed by atoms with Gasteiger partial charge in [-0.1, -0.05) is 6.07 Å². The number of aryl methyl sites for hydroxylation is 2. The molecule has 0 aliphatic carbocycles. The molecule has 0 saturated carbocycles. The zero-order valence-corrected chi connectivity index (χ0v) is 20.9. The molecule has 0 unspecified atom stereocenters. The number of guanidine groups is 1. The summed E-state index contributed by atoms with van der Waals surface area (Å²) in [5, 5.41) is 3.47. The second-order valence-electron chi connectivity index (χ2n) is 7.29. The molecule has 1 aromatic heterocycles. The molecular weight excluding hydrogens is 495 g/mol. The first-order valence-corrected chi connectivity index (χ1v) is 9.98. The lowest BCUT2D eigenvalue weighted by Gasteiger charge is -2.36. The van der Waals surface area contributed by atoms with Gasteiger partial charge in [0.1, 0.15) is 11.5 Å². The number of benzene rings is 1. The Morgan fingerprint density at radius 3 is 2.33 bits per heavy atom. The van der Waals surface area contributed by atoms with Gasteiger partial charge in [-0.25, -0.2) is 0 Å². The van der Waals surface area contributed by atoms with Crippen LogP contribution in [0.25, 0.3) is 0 Å². The first-order chi connectivity index (χ1) is 14.0. The molecule has 1 aliphatic heterocycles. The third kappa shape index (κ3) is 6.04. The summed E-state index contributed by atoms with van der Waals surface area (Å²) in [6.45, 7) is 9.45. The van der Waals surface area contributed by atoms with Crippen molar-refractivity contribution in [2.24, 2.45) is 4.99 Å². The molecule has 1 aromatic carbocycles. The van der Waals surface area contributed by atoms with Crippen molar-refractivity contribution in [3.8, 4) is 11.5 Å². The summed E-state index contributed by atoms with van der Waals surface area (Å²) in [6, 6.07) is 8.21. The van der Waals surface area contributed by atoms with E-state index in [1.807, 2.05) is 27.0 Å². The van der Waals surface area contributed by atoms with Crippen molar-refractivity contribution >= 4 is 29.9 Å². The molecule has 1 fully saturated rings. The van der Waals surface area contributed by atoms with Crippen LogP contribution in [-0.4, -0.2) is 63.2 Å². The maximum Gasteiger partial charge on any atom is 0.194 e. The summed E-state index contributed by atoms with van der Waals surface area (Å²) >= 11 is 0. The molecule has 0 amide bonds. The lowest BCUT2D eigenvalue weighted by molar-refractivity contribution is 0.172. The predicted molar refractivity (Wildman–Crippen MR) is 130 cm³/mol. The fourth-order valence-corrected chi connectivity index (χ4v) is 3.72. The highest BCUT2D eigenvalue weighted by Gasteiger charge is 2.20. The Labute approximate surface area is 196 Å². The molecule has 166 valence electrons. The maximum absolute atomic E-state index is 5.61. The standard InChI is InChI=1S/C22H32N4O3.HI/c1-16-12-19(17(2)29-16)14-24-22(23-3)26-10-8-25(9-11-26)15-18-6-7-20(27-4)21(13-18)28-5;/h6-7,12-13H,8-11,14-15H2,1-5H3,(H,23,24);1H. The van der Waals surface area contributed by atoms with E-state index in [2.05, 4.69) is 38.3 Å². The summed E-state index contributed by atoms with van der Waals surface area (Å²) in [7, 11) is 5.17. The van der Waals surface area contributed by atoms with Crippen LogP contribution in [0.1, 0.15) is 22.6 Å². The van der Waals surface area contributed by atoms with Crippen LogP contribution < -0.4 is 14.8 Å². The average Bonchev–Trinajstić information content (AvgIpc) is 3.06. The van der Waals surface area contributed by atoms with Crippen LogP contribution in [0.15, 0.2) is 33.7 Å². The molecule has 1 N–H and O–H groups in total. The summed E-state index contributed by atoms with van der Waals surface area (Å²) < 4.78 is 16.4. The Kier molecular flexibility index (Phi) is 9.29. The molecule has 0 bridgehead atoms. The number of hydrogen-bond donors (Lipinski definition) is 1. The van der Waals surface area contributed by atoms with Gasteiger partial charge in [-0.15, -0.1) is 24.0 Å². The smallest absolute Gasteiger partial charge is 0.194 e. The van der Waals surface area contributed by atoms with E-state index in [-0.39, 0.29) is 24.0 Å². The van der Waals surface area contributed by atoms with Gasteiger partial charge in [-0.2, -0.15) is 0 Å². The third-order valence-corrected chi connectivity index (χ3v) is 5.32. The number of furan rings is 1. The molecule has 2 aromatic rings. The van der Waals surface area contributed by atoms with Crippen molar-refractivity contribution < 1.29 is 13.9 Å². The van der Waals surface area contributed by atoms with Gasteiger partial charge in [-0.3, -0.25) is 9.89 Å². The summed E-state index contributed by atoms with van der Waals surface area (Å²) in [6.07, 6.45) is 0. The number of nitrogens with one attached hydrogen (secondary N) is 1. The molecule has 0 spiro atoms. The van der Waals surface area contributed by atoms with Crippen molar-refractivity contribution in [1.82, 2.24) is 15.1 Å². The molecule has 1 saturated heterocycles. The number of halogens is 1. The Hall–Kier alpha value is -1.94. The van der Waals surface area contributed by atoms with Crippen molar-refractivity contribution in [1.29, 1.82) is 0 Å². The van der Waals surface area contributed by atoms with Crippen LogP contribution in [0.4, 0.5) is 0 Å². The zero-order valence-electron chi connectivity index (χ0n) is 18.5. The van der Waals surface area contributed by atoms with Gasteiger partial charge < -0.3 is 24.1 Å². The Morgan fingerprint density at radius 1 is 1.07 bits per heavy atom. The van der Waals surface area contributed by atoms with E-state index < -0.39 is 0 Å². The van der Waals surface area contributed by atoms with E-state index in [0.29, 0.717) is 0 Å². The number of ether oxygens (including phenoxy) is 2. The highest BCUT2D eigenvalue weighted by molar-refractivity contribution is 14.0. The molecule has 30 heavy (non-hydrogen) atoms. The molecule has 2 heterocycles. The van der Waals surface area contributed by atoms with Crippen LogP contribution in [0, 0.1) is 13.8 Å². The largest absolute Gasteiger partial charge is 0.493 e. The highest BCUT2D eigenvalue weighted by Crippen LogP contribution is 2.28.